The average Bonchev–Trinajstić information content (AvgIpc) is 2.47. The summed E-state index contributed by atoms with van der Waals surface area (Å²) in [6.07, 6.45) is 1.99. The summed E-state index contributed by atoms with van der Waals surface area (Å²) in [5.74, 6) is -0.757. The summed E-state index contributed by atoms with van der Waals surface area (Å²) in [5.41, 5.74) is 1.29. The maximum atomic E-state index is 11.6. The predicted octanol–water partition coefficient (Wildman–Crippen LogP) is 1.72. The van der Waals surface area contributed by atoms with Crippen LogP contribution in [0.4, 0.5) is 0 Å². The van der Waals surface area contributed by atoms with Gasteiger partial charge in [-0.25, -0.2) is 0 Å². The molecule has 0 saturated carbocycles. The number of carboxylic acids is 1. The number of benzene rings is 1. The van der Waals surface area contributed by atoms with Gasteiger partial charge in [-0.2, -0.15) is 0 Å². The Balaban J connectivity index is 1.76. The summed E-state index contributed by atoms with van der Waals surface area (Å²) in [6, 6.07) is 7.93. The zero-order valence-corrected chi connectivity index (χ0v) is 12.5. The molecule has 5 nitrogen and oxygen atoms in total. The van der Waals surface area contributed by atoms with Gasteiger partial charge in [0.2, 0.25) is 5.91 Å². The first kappa shape index (κ1) is 15.8. The Bertz CT molecular complexity index is 496. The van der Waals surface area contributed by atoms with Gasteiger partial charge in [0.05, 0.1) is 6.54 Å². The zero-order valence-electron chi connectivity index (χ0n) is 11.7. The lowest BCUT2D eigenvalue weighted by Gasteiger charge is -2.31. The van der Waals surface area contributed by atoms with Gasteiger partial charge < -0.3 is 10.4 Å². The van der Waals surface area contributed by atoms with Crippen LogP contribution in [0.15, 0.2) is 24.3 Å². The number of rotatable bonds is 5. The van der Waals surface area contributed by atoms with E-state index in [0.717, 1.165) is 31.0 Å². The number of carboxylic acid groups (broad SMARTS) is 1. The first-order chi connectivity index (χ1) is 10.0. The van der Waals surface area contributed by atoms with Crippen molar-refractivity contribution in [1.82, 2.24) is 10.2 Å². The fraction of sp³-hybridized carbons (Fsp3) is 0.467. The van der Waals surface area contributed by atoms with Crippen molar-refractivity contribution >= 4 is 23.5 Å². The lowest BCUT2D eigenvalue weighted by atomic mass is 9.89. The number of piperidine rings is 1. The van der Waals surface area contributed by atoms with Crippen molar-refractivity contribution in [3.8, 4) is 0 Å². The Morgan fingerprint density at radius 3 is 2.43 bits per heavy atom. The van der Waals surface area contributed by atoms with Crippen LogP contribution in [0.1, 0.15) is 24.3 Å². The van der Waals surface area contributed by atoms with Crippen LogP contribution in [0.2, 0.25) is 5.02 Å². The van der Waals surface area contributed by atoms with E-state index in [1.54, 1.807) is 0 Å². The highest BCUT2D eigenvalue weighted by atomic mass is 35.5. The van der Waals surface area contributed by atoms with Gasteiger partial charge in [-0.3, -0.25) is 14.5 Å². The molecule has 1 saturated heterocycles. The third kappa shape index (κ3) is 5.02. The molecular formula is C15H19ClN2O3. The molecular weight excluding hydrogens is 292 g/mol. The molecule has 0 spiro atoms. The second-order valence-corrected chi connectivity index (χ2v) is 5.71. The van der Waals surface area contributed by atoms with Crippen molar-refractivity contribution in [2.24, 2.45) is 0 Å². The third-order valence-corrected chi connectivity index (χ3v) is 3.98. The molecule has 0 atom stereocenters. The Morgan fingerprint density at radius 1 is 1.24 bits per heavy atom. The first-order valence-electron chi connectivity index (χ1n) is 7.01. The summed E-state index contributed by atoms with van der Waals surface area (Å²) in [4.78, 5) is 24.0. The van der Waals surface area contributed by atoms with Gasteiger partial charge in [-0.15, -0.1) is 0 Å². The molecule has 0 aliphatic carbocycles. The molecule has 1 aromatic carbocycles. The fourth-order valence-corrected chi connectivity index (χ4v) is 2.72. The smallest absolute Gasteiger partial charge is 0.322 e. The van der Waals surface area contributed by atoms with Crippen LogP contribution in [-0.2, 0) is 9.59 Å². The SMILES string of the molecule is O=C(O)CNC(=O)CN1CCC(c2ccc(Cl)cc2)CC1. The Kier molecular flexibility index (Phi) is 5.59. The standard InChI is InChI=1S/C15H19ClN2O3/c16-13-3-1-11(2-4-13)12-5-7-18(8-6-12)10-14(19)17-9-15(20)21/h1-4,12H,5-10H2,(H,17,19)(H,20,21). The summed E-state index contributed by atoms with van der Waals surface area (Å²) in [6.45, 7) is 1.63. The number of nitrogens with one attached hydrogen (secondary N) is 1. The number of likely N-dealkylation sites (tertiary alicyclic amines) is 1. The average molecular weight is 311 g/mol. The van der Waals surface area contributed by atoms with Crippen molar-refractivity contribution in [1.29, 1.82) is 0 Å². The molecule has 0 unspecified atom stereocenters. The van der Waals surface area contributed by atoms with Crippen molar-refractivity contribution < 1.29 is 14.7 Å². The minimum Gasteiger partial charge on any atom is -0.480 e. The van der Waals surface area contributed by atoms with E-state index in [1.165, 1.54) is 5.56 Å². The largest absolute Gasteiger partial charge is 0.480 e. The van der Waals surface area contributed by atoms with Crippen molar-refractivity contribution in [3.05, 3.63) is 34.9 Å². The van der Waals surface area contributed by atoms with Gasteiger partial charge in [-0.05, 0) is 49.5 Å². The predicted molar refractivity (Wildman–Crippen MR) is 80.5 cm³/mol. The summed E-state index contributed by atoms with van der Waals surface area (Å²) < 4.78 is 0. The van der Waals surface area contributed by atoms with E-state index < -0.39 is 5.97 Å². The van der Waals surface area contributed by atoms with E-state index in [1.807, 2.05) is 12.1 Å². The van der Waals surface area contributed by atoms with E-state index in [9.17, 15) is 9.59 Å². The Hall–Kier alpha value is -1.59. The van der Waals surface area contributed by atoms with Gasteiger partial charge in [0.25, 0.3) is 0 Å². The molecule has 1 aliphatic heterocycles. The van der Waals surface area contributed by atoms with Crippen LogP contribution in [0, 0.1) is 0 Å². The monoisotopic (exact) mass is 310 g/mol. The molecule has 2 rings (SSSR count). The maximum Gasteiger partial charge on any atom is 0.322 e. The summed E-state index contributed by atoms with van der Waals surface area (Å²) in [7, 11) is 0. The second kappa shape index (κ2) is 7.43. The molecule has 0 radical (unpaired) electrons. The lowest BCUT2D eigenvalue weighted by Crippen LogP contribution is -2.42. The van der Waals surface area contributed by atoms with E-state index in [2.05, 4.69) is 22.3 Å². The third-order valence-electron chi connectivity index (χ3n) is 3.73. The van der Waals surface area contributed by atoms with Crippen LogP contribution in [-0.4, -0.2) is 48.1 Å². The van der Waals surface area contributed by atoms with Crippen LogP contribution < -0.4 is 5.32 Å². The van der Waals surface area contributed by atoms with Crippen LogP contribution in [0.5, 0.6) is 0 Å². The van der Waals surface area contributed by atoms with Crippen LogP contribution >= 0.6 is 11.6 Å². The van der Waals surface area contributed by atoms with Crippen molar-refractivity contribution in [3.63, 3.8) is 0 Å². The molecule has 1 fully saturated rings. The molecule has 0 bridgehead atoms. The number of carbonyl (C=O) groups excluding carboxylic acids is 1. The Labute approximate surface area is 128 Å². The quantitative estimate of drug-likeness (QED) is 0.869. The fourth-order valence-electron chi connectivity index (χ4n) is 2.59. The normalized spacial score (nSPS) is 16.6. The van der Waals surface area contributed by atoms with Crippen molar-refractivity contribution in [2.45, 2.75) is 18.8 Å². The molecule has 1 amide bonds. The number of carbonyl (C=O) groups is 2. The number of hydrogen-bond donors (Lipinski definition) is 2. The van der Waals surface area contributed by atoms with Gasteiger partial charge in [0.15, 0.2) is 0 Å². The zero-order chi connectivity index (χ0) is 15.2. The number of hydrogen-bond acceptors (Lipinski definition) is 3. The molecule has 1 aromatic rings. The maximum absolute atomic E-state index is 11.6. The minimum atomic E-state index is -1.02. The van der Waals surface area contributed by atoms with Gasteiger partial charge >= 0.3 is 5.97 Å². The molecule has 1 aliphatic rings. The number of amides is 1. The van der Waals surface area contributed by atoms with E-state index in [4.69, 9.17) is 16.7 Å². The Morgan fingerprint density at radius 2 is 1.86 bits per heavy atom. The first-order valence-corrected chi connectivity index (χ1v) is 7.38. The second-order valence-electron chi connectivity index (χ2n) is 5.27. The summed E-state index contributed by atoms with van der Waals surface area (Å²) >= 11 is 5.89. The molecule has 0 aromatic heterocycles. The summed E-state index contributed by atoms with van der Waals surface area (Å²) in [5, 5.41) is 11.6. The molecule has 114 valence electrons. The highest BCUT2D eigenvalue weighted by Crippen LogP contribution is 2.28. The number of nitrogens with zero attached hydrogens (tertiary/aromatic N) is 1. The topological polar surface area (TPSA) is 69.6 Å². The van der Waals surface area contributed by atoms with E-state index in [-0.39, 0.29) is 19.0 Å². The molecule has 21 heavy (non-hydrogen) atoms. The van der Waals surface area contributed by atoms with E-state index >= 15 is 0 Å². The van der Waals surface area contributed by atoms with Gasteiger partial charge in [0, 0.05) is 5.02 Å². The van der Waals surface area contributed by atoms with Gasteiger partial charge in [0.1, 0.15) is 6.54 Å². The number of halogens is 1. The molecule has 1 heterocycles. The van der Waals surface area contributed by atoms with E-state index in [0.29, 0.717) is 5.92 Å². The number of aliphatic carboxylic acids is 1. The minimum absolute atomic E-state index is 0.234. The van der Waals surface area contributed by atoms with Crippen LogP contribution in [0.25, 0.3) is 0 Å². The molecule has 2 N–H and O–H groups in total. The highest BCUT2D eigenvalue weighted by Gasteiger charge is 2.22. The van der Waals surface area contributed by atoms with Crippen molar-refractivity contribution in [2.75, 3.05) is 26.2 Å². The lowest BCUT2D eigenvalue weighted by molar-refractivity contribution is -0.138. The molecule has 6 heteroatoms. The van der Waals surface area contributed by atoms with Crippen LogP contribution in [0.3, 0.4) is 0 Å². The highest BCUT2D eigenvalue weighted by molar-refractivity contribution is 6.30. The van der Waals surface area contributed by atoms with Gasteiger partial charge in [-0.1, -0.05) is 23.7 Å².